The number of ether oxygens (including phenoxy) is 2. The van der Waals surface area contributed by atoms with Crippen LogP contribution in [0.25, 0.3) is 0 Å². The zero-order chi connectivity index (χ0) is 14.9. The summed E-state index contributed by atoms with van der Waals surface area (Å²) in [5.74, 6) is 2.21. The van der Waals surface area contributed by atoms with Crippen molar-refractivity contribution in [3.8, 4) is 11.5 Å². The molecular weight excluding hydrogens is 266 g/mol. The van der Waals surface area contributed by atoms with Gasteiger partial charge in [-0.3, -0.25) is 4.79 Å². The summed E-state index contributed by atoms with van der Waals surface area (Å²) in [6.07, 6.45) is 1.81. The van der Waals surface area contributed by atoms with Gasteiger partial charge in [-0.25, -0.2) is 0 Å². The smallest absolute Gasteiger partial charge is 0.167 e. The van der Waals surface area contributed by atoms with Crippen molar-refractivity contribution >= 4 is 5.78 Å². The first-order valence-corrected chi connectivity index (χ1v) is 7.54. The molecular formula is C17H21NO3. The quantitative estimate of drug-likeness (QED) is 0.835. The summed E-state index contributed by atoms with van der Waals surface area (Å²) >= 11 is 0. The predicted octanol–water partition coefficient (Wildman–Crippen LogP) is 2.17. The highest BCUT2D eigenvalue weighted by atomic mass is 16.5. The van der Waals surface area contributed by atoms with Gasteiger partial charge < -0.3 is 14.4 Å². The highest BCUT2D eigenvalue weighted by molar-refractivity contribution is 6.03. The van der Waals surface area contributed by atoms with Gasteiger partial charge in [0, 0.05) is 30.0 Å². The molecule has 1 saturated heterocycles. The SMILES string of the molecule is COc1cc2c(c(OC)c1C)C(=O)C[C@@H]1CN(C)C3CC231. The molecule has 1 aromatic rings. The largest absolute Gasteiger partial charge is 0.496 e. The minimum atomic E-state index is 0.159. The second kappa shape index (κ2) is 4.01. The van der Waals surface area contributed by atoms with Crippen LogP contribution in [0.4, 0.5) is 0 Å². The van der Waals surface area contributed by atoms with Crippen molar-refractivity contribution in [2.24, 2.45) is 5.92 Å². The van der Waals surface area contributed by atoms with Crippen molar-refractivity contribution < 1.29 is 14.3 Å². The number of likely N-dealkylation sites (N-methyl/N-ethyl adjacent to an activating group) is 1. The van der Waals surface area contributed by atoms with Crippen molar-refractivity contribution in [2.45, 2.75) is 31.2 Å². The number of ketones is 1. The minimum absolute atomic E-state index is 0.159. The van der Waals surface area contributed by atoms with Crippen molar-refractivity contribution in [3.05, 3.63) is 22.8 Å². The van der Waals surface area contributed by atoms with Crippen molar-refractivity contribution in [2.75, 3.05) is 27.8 Å². The van der Waals surface area contributed by atoms with Crippen LogP contribution in [0.1, 0.15) is 34.3 Å². The van der Waals surface area contributed by atoms with Gasteiger partial charge >= 0.3 is 0 Å². The van der Waals surface area contributed by atoms with Gasteiger partial charge in [0.05, 0.1) is 19.8 Å². The Balaban J connectivity index is 1.99. The third-order valence-corrected chi connectivity index (χ3v) is 5.85. The Kier molecular flexibility index (Phi) is 2.51. The van der Waals surface area contributed by atoms with E-state index in [1.807, 2.05) is 6.92 Å². The molecule has 1 saturated carbocycles. The molecule has 4 nitrogen and oxygen atoms in total. The molecule has 21 heavy (non-hydrogen) atoms. The fourth-order valence-electron chi connectivity index (χ4n) is 4.81. The normalized spacial score (nSPS) is 33.2. The van der Waals surface area contributed by atoms with Crippen molar-refractivity contribution in [1.29, 1.82) is 0 Å². The minimum Gasteiger partial charge on any atom is -0.496 e. The Labute approximate surface area is 125 Å². The van der Waals surface area contributed by atoms with E-state index in [1.165, 1.54) is 0 Å². The second-order valence-electron chi connectivity index (χ2n) is 6.68. The molecule has 0 bridgehead atoms. The topological polar surface area (TPSA) is 38.8 Å². The third-order valence-electron chi connectivity index (χ3n) is 5.85. The van der Waals surface area contributed by atoms with E-state index in [4.69, 9.17) is 9.47 Å². The summed E-state index contributed by atoms with van der Waals surface area (Å²) in [7, 11) is 5.49. The van der Waals surface area contributed by atoms with Crippen LogP contribution in [-0.4, -0.2) is 44.5 Å². The highest BCUT2D eigenvalue weighted by Gasteiger charge is 2.69. The maximum atomic E-state index is 12.7. The van der Waals surface area contributed by atoms with Crippen LogP contribution in [0.2, 0.25) is 0 Å². The fraction of sp³-hybridized carbons (Fsp3) is 0.588. The summed E-state index contributed by atoms with van der Waals surface area (Å²) in [5, 5.41) is 0. The molecule has 1 heterocycles. The molecule has 2 unspecified atom stereocenters. The predicted molar refractivity (Wildman–Crippen MR) is 79.4 cm³/mol. The Hall–Kier alpha value is -1.55. The Morgan fingerprint density at radius 3 is 2.71 bits per heavy atom. The zero-order valence-corrected chi connectivity index (χ0v) is 13.0. The van der Waals surface area contributed by atoms with Crippen LogP contribution in [-0.2, 0) is 5.41 Å². The van der Waals surface area contributed by atoms with Gasteiger partial charge in [0.2, 0.25) is 0 Å². The molecule has 0 N–H and O–H groups in total. The number of piperidine rings is 1. The molecule has 2 aliphatic carbocycles. The van der Waals surface area contributed by atoms with E-state index in [-0.39, 0.29) is 11.2 Å². The summed E-state index contributed by atoms with van der Waals surface area (Å²) in [5.41, 5.74) is 3.06. The molecule has 112 valence electrons. The van der Waals surface area contributed by atoms with Crippen LogP contribution in [0.15, 0.2) is 6.07 Å². The molecule has 2 fully saturated rings. The van der Waals surface area contributed by atoms with Crippen LogP contribution >= 0.6 is 0 Å². The van der Waals surface area contributed by atoms with E-state index in [1.54, 1.807) is 14.2 Å². The lowest BCUT2D eigenvalue weighted by molar-refractivity contribution is 0.0931. The van der Waals surface area contributed by atoms with E-state index >= 15 is 0 Å². The number of benzene rings is 1. The van der Waals surface area contributed by atoms with Gasteiger partial charge in [-0.2, -0.15) is 0 Å². The van der Waals surface area contributed by atoms with Gasteiger partial charge in [-0.1, -0.05) is 0 Å². The standard InChI is InChI=1S/C17H21NO3/c1-9-13(20-3)6-11-15(16(9)21-4)12(19)5-10-8-18(2)14-7-17(10,11)14/h6,10,14H,5,7-8H2,1-4H3/t10-,14?,17?/m1/s1. The lowest BCUT2D eigenvalue weighted by Gasteiger charge is -2.32. The third kappa shape index (κ3) is 1.41. The summed E-state index contributed by atoms with van der Waals surface area (Å²) in [6.45, 7) is 2.98. The maximum Gasteiger partial charge on any atom is 0.167 e. The van der Waals surface area contributed by atoms with Gasteiger partial charge in [0.15, 0.2) is 5.78 Å². The summed E-state index contributed by atoms with van der Waals surface area (Å²) in [6, 6.07) is 2.67. The van der Waals surface area contributed by atoms with Crippen LogP contribution in [0, 0.1) is 12.8 Å². The average Bonchev–Trinajstić information content (AvgIpc) is 3.14. The first kappa shape index (κ1) is 13.1. The zero-order valence-electron chi connectivity index (χ0n) is 13.0. The van der Waals surface area contributed by atoms with Crippen LogP contribution < -0.4 is 9.47 Å². The van der Waals surface area contributed by atoms with Crippen molar-refractivity contribution in [3.63, 3.8) is 0 Å². The first-order valence-electron chi connectivity index (χ1n) is 7.54. The molecule has 3 aliphatic rings. The van der Waals surface area contributed by atoms with Crippen molar-refractivity contribution in [1.82, 2.24) is 4.90 Å². The van der Waals surface area contributed by atoms with E-state index in [0.717, 1.165) is 35.4 Å². The summed E-state index contributed by atoms with van der Waals surface area (Å²) in [4.78, 5) is 15.1. The number of Topliss-reactive ketones (excluding diaryl/α,β-unsaturated/α-hetero) is 1. The van der Waals surface area contributed by atoms with E-state index < -0.39 is 0 Å². The molecule has 4 heteroatoms. The molecule has 4 rings (SSSR count). The number of methoxy groups -OCH3 is 2. The molecule has 1 aliphatic heterocycles. The van der Waals surface area contributed by atoms with E-state index in [9.17, 15) is 4.79 Å². The lowest BCUT2D eigenvalue weighted by atomic mass is 9.71. The number of likely N-dealkylation sites (tertiary alicyclic amines) is 1. The summed E-state index contributed by atoms with van der Waals surface area (Å²) < 4.78 is 11.1. The number of fused-ring (bicyclic) bond motifs is 1. The molecule has 0 radical (unpaired) electrons. The first-order chi connectivity index (χ1) is 10.0. The van der Waals surface area contributed by atoms with Gasteiger partial charge in [-0.15, -0.1) is 0 Å². The Bertz CT molecular complexity index is 654. The van der Waals surface area contributed by atoms with Gasteiger partial charge in [0.25, 0.3) is 0 Å². The number of carbonyl (C=O) groups excluding carboxylic acids is 1. The van der Waals surface area contributed by atoms with Gasteiger partial charge in [0.1, 0.15) is 11.5 Å². The van der Waals surface area contributed by atoms with Crippen LogP contribution in [0.3, 0.4) is 0 Å². The maximum absolute atomic E-state index is 12.7. The number of nitrogens with zero attached hydrogens (tertiary/aromatic N) is 1. The second-order valence-corrected chi connectivity index (χ2v) is 6.68. The molecule has 0 aromatic heterocycles. The van der Waals surface area contributed by atoms with Crippen LogP contribution in [0.5, 0.6) is 11.5 Å². The molecule has 1 aromatic carbocycles. The number of hydrogen-bond acceptors (Lipinski definition) is 4. The number of carbonyl (C=O) groups is 1. The van der Waals surface area contributed by atoms with E-state index in [2.05, 4.69) is 18.0 Å². The Morgan fingerprint density at radius 1 is 1.33 bits per heavy atom. The van der Waals surface area contributed by atoms with E-state index in [0.29, 0.717) is 24.1 Å². The molecule has 3 atom stereocenters. The van der Waals surface area contributed by atoms with Gasteiger partial charge in [-0.05, 0) is 37.9 Å². The Morgan fingerprint density at radius 2 is 2.10 bits per heavy atom. The molecule has 0 amide bonds. The average molecular weight is 287 g/mol. The monoisotopic (exact) mass is 287 g/mol. The highest BCUT2D eigenvalue weighted by Crippen LogP contribution is 2.65. The number of rotatable bonds is 2. The number of hydrogen-bond donors (Lipinski definition) is 0. The fourth-order valence-corrected chi connectivity index (χ4v) is 4.81. The molecule has 1 spiro atoms. The lowest BCUT2D eigenvalue weighted by Crippen LogP contribution is -2.32.